The van der Waals surface area contributed by atoms with Crippen molar-refractivity contribution in [3.63, 3.8) is 0 Å². The average molecular weight is 439 g/mol. The topological polar surface area (TPSA) is 78.0 Å². The maximum atomic E-state index is 10.8. The minimum absolute atomic E-state index is 0.354. The Labute approximate surface area is 168 Å². The summed E-state index contributed by atoms with van der Waals surface area (Å²) in [5, 5.41) is 13.0. The average Bonchev–Trinajstić information content (AvgIpc) is 3.47. The molecule has 0 aliphatic carbocycles. The van der Waals surface area contributed by atoms with Crippen LogP contribution in [0, 0.1) is 4.91 Å². The molecule has 0 aliphatic heterocycles. The van der Waals surface area contributed by atoms with Gasteiger partial charge in [-0.25, -0.2) is 14.3 Å². The molecule has 10 heteroatoms. The van der Waals surface area contributed by atoms with E-state index in [1.54, 1.807) is 15.4 Å². The summed E-state index contributed by atoms with van der Waals surface area (Å²) in [5.41, 5.74) is 2.57. The summed E-state index contributed by atoms with van der Waals surface area (Å²) in [6.45, 7) is 0. The van der Waals surface area contributed by atoms with Gasteiger partial charge in [0.25, 0.3) is 0 Å². The van der Waals surface area contributed by atoms with E-state index < -0.39 is 0 Å². The van der Waals surface area contributed by atoms with Gasteiger partial charge >= 0.3 is 0 Å². The number of hydrogen-bond donors (Lipinski definition) is 0. The molecule has 4 rings (SSSR count). The Balaban J connectivity index is 1.85. The molecule has 0 saturated carbocycles. The molecule has 4 aromatic rings. The fourth-order valence-corrected chi connectivity index (χ4v) is 3.64. The first-order valence-corrected chi connectivity index (χ1v) is 9.95. The molecule has 4 heterocycles. The fourth-order valence-electron chi connectivity index (χ4n) is 2.57. The highest BCUT2D eigenvalue weighted by atomic mass is 79.9. The monoisotopic (exact) mass is 438 g/mol. The molecule has 0 bridgehead atoms. The van der Waals surface area contributed by atoms with E-state index in [1.165, 1.54) is 11.3 Å². The molecule has 27 heavy (non-hydrogen) atoms. The molecule has 0 spiro atoms. The summed E-state index contributed by atoms with van der Waals surface area (Å²) in [4.78, 5) is 16.4. The van der Waals surface area contributed by atoms with Gasteiger partial charge in [-0.15, -0.1) is 16.2 Å². The number of alkyl halides is 1. The number of rotatable bonds is 6. The van der Waals surface area contributed by atoms with Gasteiger partial charge in [-0.2, -0.15) is 10.2 Å². The Morgan fingerprint density at radius 1 is 1.04 bits per heavy atom. The zero-order valence-electron chi connectivity index (χ0n) is 14.0. The molecule has 132 valence electrons. The van der Waals surface area contributed by atoms with Crippen LogP contribution in [-0.2, 0) is 11.7 Å². The van der Waals surface area contributed by atoms with Gasteiger partial charge in [-0.05, 0) is 53.5 Å². The quantitative estimate of drug-likeness (QED) is 0.257. The van der Waals surface area contributed by atoms with E-state index in [4.69, 9.17) is 7.85 Å². The maximum Gasteiger partial charge on any atom is 0.161 e. The van der Waals surface area contributed by atoms with Crippen LogP contribution in [0.5, 0.6) is 0 Å². The van der Waals surface area contributed by atoms with E-state index in [2.05, 4.69) is 36.3 Å². The molecule has 0 atom stereocenters. The SMILES string of the molecule is [B]Cc1ccn(-c2cc(-c3ccc(N=O)s3)cc(-n3ccc(CBr)n3)n2)n1. The van der Waals surface area contributed by atoms with Gasteiger partial charge < -0.3 is 0 Å². The fraction of sp³-hybridized carbons (Fsp3) is 0.118. The molecule has 0 saturated heterocycles. The van der Waals surface area contributed by atoms with Crippen LogP contribution in [-0.4, -0.2) is 32.4 Å². The predicted molar refractivity (Wildman–Crippen MR) is 109 cm³/mol. The third-order valence-electron chi connectivity index (χ3n) is 3.87. The minimum Gasteiger partial charge on any atom is -0.222 e. The van der Waals surface area contributed by atoms with Crippen LogP contribution in [0.3, 0.4) is 0 Å². The van der Waals surface area contributed by atoms with E-state index in [0.29, 0.717) is 28.3 Å². The van der Waals surface area contributed by atoms with Gasteiger partial charge in [-0.3, -0.25) is 0 Å². The molecule has 0 unspecified atom stereocenters. The van der Waals surface area contributed by atoms with Crippen LogP contribution in [0.25, 0.3) is 22.1 Å². The van der Waals surface area contributed by atoms with Crippen molar-refractivity contribution in [2.24, 2.45) is 5.18 Å². The third kappa shape index (κ3) is 3.63. The van der Waals surface area contributed by atoms with E-state index in [0.717, 1.165) is 21.8 Å². The van der Waals surface area contributed by atoms with E-state index >= 15 is 0 Å². The lowest BCUT2D eigenvalue weighted by Crippen LogP contribution is -2.05. The maximum absolute atomic E-state index is 10.8. The van der Waals surface area contributed by atoms with Crippen molar-refractivity contribution >= 4 is 40.1 Å². The number of halogens is 1. The molecule has 0 aliphatic rings. The zero-order valence-corrected chi connectivity index (χ0v) is 16.4. The van der Waals surface area contributed by atoms with Crippen molar-refractivity contribution < 1.29 is 0 Å². The van der Waals surface area contributed by atoms with Crippen molar-refractivity contribution in [2.45, 2.75) is 11.7 Å². The minimum atomic E-state index is 0.354. The number of pyridine rings is 1. The molecular formula is C17H12BBrN6OS. The summed E-state index contributed by atoms with van der Waals surface area (Å²) < 4.78 is 3.39. The first-order chi connectivity index (χ1) is 13.2. The number of hydrogen-bond acceptors (Lipinski definition) is 6. The summed E-state index contributed by atoms with van der Waals surface area (Å²) in [6, 6.07) is 11.2. The molecule has 0 fully saturated rings. The molecule has 4 aromatic heterocycles. The van der Waals surface area contributed by atoms with Crippen LogP contribution in [0.4, 0.5) is 5.00 Å². The van der Waals surface area contributed by atoms with Gasteiger partial charge in [0.05, 0.1) is 19.2 Å². The standard InChI is InChI=1S/C17H12BBrN6OS/c18-9-12-3-5-24(21-12)15-7-11(14-1-2-17(23-26)27-14)8-16(20-15)25-6-4-13(10-19)22-25/h1-8H,9-10H2. The first kappa shape index (κ1) is 17.8. The molecule has 0 aromatic carbocycles. The molecule has 7 nitrogen and oxygen atoms in total. The molecule has 2 radical (unpaired) electrons. The summed E-state index contributed by atoms with van der Waals surface area (Å²) in [5.74, 6) is 1.28. The van der Waals surface area contributed by atoms with Gasteiger partial charge in [-0.1, -0.05) is 15.9 Å². The van der Waals surface area contributed by atoms with Crippen LogP contribution < -0.4 is 0 Å². The summed E-state index contributed by atoms with van der Waals surface area (Å²) in [7, 11) is 5.67. The van der Waals surface area contributed by atoms with Gasteiger partial charge in [0.15, 0.2) is 16.6 Å². The van der Waals surface area contributed by atoms with E-state index in [1.807, 2.05) is 42.7 Å². The second-order valence-electron chi connectivity index (χ2n) is 5.64. The Kier molecular flexibility index (Phi) is 5.00. The van der Waals surface area contributed by atoms with Crippen molar-refractivity contribution in [1.82, 2.24) is 24.5 Å². The number of thiophene rings is 1. The highest BCUT2D eigenvalue weighted by molar-refractivity contribution is 9.08. The number of nitroso groups, excluding NO2 is 1. The van der Waals surface area contributed by atoms with Crippen molar-refractivity contribution in [3.05, 3.63) is 65.1 Å². The lowest BCUT2D eigenvalue weighted by atomic mass is 10.0. The predicted octanol–water partition coefficient (Wildman–Crippen LogP) is 4.14. The largest absolute Gasteiger partial charge is 0.222 e. The Morgan fingerprint density at radius 2 is 1.70 bits per heavy atom. The van der Waals surface area contributed by atoms with E-state index in [9.17, 15) is 4.91 Å². The molecular weight excluding hydrogens is 427 g/mol. The number of aromatic nitrogens is 5. The lowest BCUT2D eigenvalue weighted by molar-refractivity contribution is 0.790. The van der Waals surface area contributed by atoms with Crippen molar-refractivity contribution in [2.75, 3.05) is 0 Å². The second kappa shape index (κ2) is 7.57. The highest BCUT2D eigenvalue weighted by Gasteiger charge is 2.12. The Bertz CT molecular complexity index is 1040. The number of nitrogens with zero attached hydrogens (tertiary/aromatic N) is 6. The van der Waals surface area contributed by atoms with Gasteiger partial charge in [0, 0.05) is 22.6 Å². The summed E-state index contributed by atoms with van der Waals surface area (Å²) in [6.07, 6.45) is 4.03. The first-order valence-electron chi connectivity index (χ1n) is 8.01. The van der Waals surface area contributed by atoms with Crippen molar-refractivity contribution in [3.8, 4) is 22.1 Å². The smallest absolute Gasteiger partial charge is 0.161 e. The van der Waals surface area contributed by atoms with Crippen molar-refractivity contribution in [1.29, 1.82) is 0 Å². The second-order valence-corrected chi connectivity index (χ2v) is 7.27. The lowest BCUT2D eigenvalue weighted by Gasteiger charge is -2.08. The normalized spacial score (nSPS) is 11.0. The highest BCUT2D eigenvalue weighted by Crippen LogP contribution is 2.34. The van der Waals surface area contributed by atoms with Gasteiger partial charge in [0.1, 0.15) is 0 Å². The molecule has 0 N–H and O–H groups in total. The summed E-state index contributed by atoms with van der Waals surface area (Å²) >= 11 is 4.73. The molecule has 0 amide bonds. The van der Waals surface area contributed by atoms with Crippen LogP contribution >= 0.6 is 27.3 Å². The Hall–Kier alpha value is -2.59. The zero-order chi connectivity index (χ0) is 18.8. The van der Waals surface area contributed by atoms with Crippen LogP contribution in [0.2, 0.25) is 0 Å². The van der Waals surface area contributed by atoms with Crippen LogP contribution in [0.15, 0.2) is 54.0 Å². The van der Waals surface area contributed by atoms with Crippen LogP contribution in [0.1, 0.15) is 11.4 Å². The third-order valence-corrected chi connectivity index (χ3v) is 5.45. The van der Waals surface area contributed by atoms with Gasteiger partial charge in [0.2, 0.25) is 0 Å². The van der Waals surface area contributed by atoms with E-state index in [-0.39, 0.29) is 0 Å². The Morgan fingerprint density at radius 3 is 2.22 bits per heavy atom.